The summed E-state index contributed by atoms with van der Waals surface area (Å²) in [4.78, 5) is 0. The molecule has 0 aliphatic carbocycles. The minimum Gasteiger partial charge on any atom is -0.341 e. The second kappa shape index (κ2) is 5.02. The number of benzene rings is 1. The van der Waals surface area contributed by atoms with Crippen LogP contribution in [0.15, 0.2) is 43.0 Å². The van der Waals surface area contributed by atoms with E-state index in [1.54, 1.807) is 0 Å². The molecule has 1 aromatic carbocycles. The zero-order chi connectivity index (χ0) is 11.4. The van der Waals surface area contributed by atoms with Gasteiger partial charge in [0.1, 0.15) is 0 Å². The first-order valence-corrected chi connectivity index (χ1v) is 6.05. The number of hydrogen-bond donors (Lipinski definition) is 0. The van der Waals surface area contributed by atoms with Crippen molar-refractivity contribution in [2.24, 2.45) is 0 Å². The fraction of sp³-hybridized carbons (Fsp3) is 0.333. The van der Waals surface area contributed by atoms with Crippen molar-refractivity contribution < 1.29 is 0 Å². The topological polar surface area (TPSA) is 4.93 Å². The van der Waals surface area contributed by atoms with Crippen LogP contribution in [0.25, 0.3) is 10.9 Å². The number of fused-ring (bicyclic) bond motifs is 1. The van der Waals surface area contributed by atoms with Crippen LogP contribution in [0.3, 0.4) is 0 Å². The maximum Gasteiger partial charge on any atom is 0.0485 e. The highest BCUT2D eigenvalue weighted by Crippen LogP contribution is 2.21. The predicted octanol–water partition coefficient (Wildman–Crippen LogP) is 4.17. The third kappa shape index (κ3) is 2.04. The third-order valence-electron chi connectivity index (χ3n) is 2.99. The van der Waals surface area contributed by atoms with Crippen LogP contribution in [0, 0.1) is 0 Å². The number of para-hydroxylation sites is 1. The van der Waals surface area contributed by atoms with Crippen LogP contribution in [0.1, 0.15) is 25.5 Å². The van der Waals surface area contributed by atoms with Gasteiger partial charge >= 0.3 is 0 Å². The van der Waals surface area contributed by atoms with Crippen LogP contribution in [0.4, 0.5) is 0 Å². The molecule has 1 aromatic heterocycles. The molecule has 0 aliphatic rings. The number of aromatic nitrogens is 1. The van der Waals surface area contributed by atoms with Crippen molar-refractivity contribution in [3.05, 3.63) is 48.7 Å². The Bertz CT molecular complexity index is 479. The fourth-order valence-corrected chi connectivity index (χ4v) is 2.18. The average molecular weight is 213 g/mol. The van der Waals surface area contributed by atoms with Gasteiger partial charge in [0.15, 0.2) is 0 Å². The molecule has 0 unspecified atom stereocenters. The van der Waals surface area contributed by atoms with Gasteiger partial charge in [0.2, 0.25) is 0 Å². The highest BCUT2D eigenvalue weighted by atomic mass is 15.0. The first-order valence-electron chi connectivity index (χ1n) is 6.05. The fourth-order valence-electron chi connectivity index (χ4n) is 2.18. The van der Waals surface area contributed by atoms with Crippen LogP contribution in [0.2, 0.25) is 0 Å². The van der Waals surface area contributed by atoms with Gasteiger partial charge in [-0.3, -0.25) is 0 Å². The quantitative estimate of drug-likeness (QED) is 0.657. The Kier molecular flexibility index (Phi) is 3.45. The molecule has 0 bridgehead atoms. The lowest BCUT2D eigenvalue weighted by Crippen LogP contribution is -2.00. The number of hydrogen-bond acceptors (Lipinski definition) is 0. The molecule has 0 saturated carbocycles. The standard InChI is InChI=1S/C15H19N/c1-3-5-9-14-12-13-8-6-7-10-15(13)16(14)11-4-2/h4,6-8,10,12H,2-3,5,9,11H2,1H3. The smallest absolute Gasteiger partial charge is 0.0485 e. The molecule has 1 nitrogen and oxygen atoms in total. The van der Waals surface area contributed by atoms with Crippen molar-refractivity contribution >= 4 is 10.9 Å². The monoisotopic (exact) mass is 213 g/mol. The molecule has 0 aliphatic heterocycles. The number of rotatable bonds is 5. The third-order valence-corrected chi connectivity index (χ3v) is 2.99. The largest absolute Gasteiger partial charge is 0.341 e. The molecular formula is C15H19N. The van der Waals surface area contributed by atoms with Crippen molar-refractivity contribution in [2.45, 2.75) is 32.7 Å². The summed E-state index contributed by atoms with van der Waals surface area (Å²) in [5, 5.41) is 1.34. The summed E-state index contributed by atoms with van der Waals surface area (Å²) in [6, 6.07) is 10.9. The lowest BCUT2D eigenvalue weighted by atomic mass is 10.2. The maximum absolute atomic E-state index is 3.84. The van der Waals surface area contributed by atoms with E-state index in [9.17, 15) is 0 Å². The van der Waals surface area contributed by atoms with Crippen LogP contribution in [-0.4, -0.2) is 4.57 Å². The number of aryl methyl sites for hydroxylation is 1. The van der Waals surface area contributed by atoms with E-state index in [0.717, 1.165) is 6.54 Å². The van der Waals surface area contributed by atoms with Gasteiger partial charge in [0.05, 0.1) is 0 Å². The second-order valence-corrected chi connectivity index (χ2v) is 4.20. The maximum atomic E-state index is 3.84. The molecule has 0 radical (unpaired) electrons. The first-order chi connectivity index (χ1) is 7.86. The van der Waals surface area contributed by atoms with Gasteiger partial charge in [0, 0.05) is 17.8 Å². The van der Waals surface area contributed by atoms with Gasteiger partial charge in [0.25, 0.3) is 0 Å². The minimum absolute atomic E-state index is 0.909. The molecule has 0 amide bonds. The van der Waals surface area contributed by atoms with Crippen molar-refractivity contribution in [1.29, 1.82) is 0 Å². The Hall–Kier alpha value is -1.50. The van der Waals surface area contributed by atoms with Gasteiger partial charge in [-0.15, -0.1) is 6.58 Å². The number of allylic oxidation sites excluding steroid dienone is 1. The Morgan fingerprint density at radius 3 is 2.88 bits per heavy atom. The van der Waals surface area contributed by atoms with Crippen LogP contribution in [0.5, 0.6) is 0 Å². The molecule has 1 heterocycles. The lowest BCUT2D eigenvalue weighted by molar-refractivity contribution is 0.719. The van der Waals surface area contributed by atoms with E-state index < -0.39 is 0 Å². The number of nitrogens with zero attached hydrogens (tertiary/aromatic N) is 1. The van der Waals surface area contributed by atoms with E-state index >= 15 is 0 Å². The summed E-state index contributed by atoms with van der Waals surface area (Å²) < 4.78 is 2.37. The van der Waals surface area contributed by atoms with Gasteiger partial charge in [-0.1, -0.05) is 37.6 Å². The molecule has 2 rings (SSSR count). The summed E-state index contributed by atoms with van der Waals surface area (Å²) >= 11 is 0. The number of unbranched alkanes of at least 4 members (excludes halogenated alkanes) is 1. The predicted molar refractivity (Wildman–Crippen MR) is 70.7 cm³/mol. The average Bonchev–Trinajstić information content (AvgIpc) is 2.66. The molecule has 0 fully saturated rings. The van der Waals surface area contributed by atoms with E-state index in [0.29, 0.717) is 0 Å². The minimum atomic E-state index is 0.909. The lowest BCUT2D eigenvalue weighted by Gasteiger charge is -2.07. The first kappa shape index (κ1) is 11.0. The zero-order valence-corrected chi connectivity index (χ0v) is 9.95. The van der Waals surface area contributed by atoms with Crippen LogP contribution in [-0.2, 0) is 13.0 Å². The van der Waals surface area contributed by atoms with E-state index in [-0.39, 0.29) is 0 Å². The van der Waals surface area contributed by atoms with Gasteiger partial charge in [-0.25, -0.2) is 0 Å². The van der Waals surface area contributed by atoms with Gasteiger partial charge < -0.3 is 4.57 Å². The normalized spacial score (nSPS) is 10.8. The van der Waals surface area contributed by atoms with E-state index in [1.165, 1.54) is 35.9 Å². The van der Waals surface area contributed by atoms with Crippen molar-refractivity contribution in [2.75, 3.05) is 0 Å². The van der Waals surface area contributed by atoms with E-state index in [4.69, 9.17) is 0 Å². The molecule has 84 valence electrons. The van der Waals surface area contributed by atoms with E-state index in [2.05, 4.69) is 48.4 Å². The molecule has 16 heavy (non-hydrogen) atoms. The molecule has 0 N–H and O–H groups in total. The van der Waals surface area contributed by atoms with Crippen molar-refractivity contribution in [1.82, 2.24) is 4.57 Å². The Morgan fingerprint density at radius 1 is 1.31 bits per heavy atom. The Morgan fingerprint density at radius 2 is 2.12 bits per heavy atom. The van der Waals surface area contributed by atoms with Crippen molar-refractivity contribution in [3.63, 3.8) is 0 Å². The molecule has 1 heteroatoms. The van der Waals surface area contributed by atoms with Crippen molar-refractivity contribution in [3.8, 4) is 0 Å². The second-order valence-electron chi connectivity index (χ2n) is 4.20. The SMILES string of the molecule is C=CCn1c(CCCC)cc2ccccc21. The molecule has 0 saturated heterocycles. The molecular weight excluding hydrogens is 194 g/mol. The van der Waals surface area contributed by atoms with Crippen LogP contribution >= 0.6 is 0 Å². The Labute approximate surface area is 97.4 Å². The Balaban J connectivity index is 2.45. The summed E-state index contributed by atoms with van der Waals surface area (Å²) in [7, 11) is 0. The molecule has 0 atom stereocenters. The summed E-state index contributed by atoms with van der Waals surface area (Å²) in [6.45, 7) is 6.99. The summed E-state index contributed by atoms with van der Waals surface area (Å²) in [5.74, 6) is 0. The summed E-state index contributed by atoms with van der Waals surface area (Å²) in [5.41, 5.74) is 2.76. The zero-order valence-electron chi connectivity index (χ0n) is 9.95. The highest BCUT2D eigenvalue weighted by molar-refractivity contribution is 5.81. The van der Waals surface area contributed by atoms with Gasteiger partial charge in [-0.05, 0) is 30.4 Å². The summed E-state index contributed by atoms with van der Waals surface area (Å²) in [6.07, 6.45) is 5.64. The highest BCUT2D eigenvalue weighted by Gasteiger charge is 2.06. The molecule has 2 aromatic rings. The van der Waals surface area contributed by atoms with Crippen LogP contribution < -0.4 is 0 Å². The van der Waals surface area contributed by atoms with E-state index in [1.807, 2.05) is 6.08 Å². The molecule has 0 spiro atoms. The van der Waals surface area contributed by atoms with Gasteiger partial charge in [-0.2, -0.15) is 0 Å².